The van der Waals surface area contributed by atoms with Gasteiger partial charge in [-0.3, -0.25) is 9.69 Å². The summed E-state index contributed by atoms with van der Waals surface area (Å²) in [5.41, 5.74) is 6.74. The van der Waals surface area contributed by atoms with Crippen LogP contribution in [-0.4, -0.2) is 34.0 Å². The zero-order chi connectivity index (χ0) is 24.5. The van der Waals surface area contributed by atoms with Crippen molar-refractivity contribution in [3.05, 3.63) is 64.5 Å². The Hall–Kier alpha value is -2.99. The summed E-state index contributed by atoms with van der Waals surface area (Å²) in [4.78, 5) is 19.8. The van der Waals surface area contributed by atoms with E-state index in [0.717, 1.165) is 48.3 Å². The zero-order valence-corrected chi connectivity index (χ0v) is 21.2. The third kappa shape index (κ3) is 5.55. The highest BCUT2D eigenvalue weighted by Gasteiger charge is 2.27. The summed E-state index contributed by atoms with van der Waals surface area (Å²) in [6, 6.07) is 12.6. The molecule has 0 atom stereocenters. The maximum atomic E-state index is 12.9. The van der Waals surface area contributed by atoms with Crippen molar-refractivity contribution in [1.29, 1.82) is 0 Å². The normalized spacial score (nSPS) is 15.5. The molecule has 1 saturated heterocycles. The van der Waals surface area contributed by atoms with E-state index < -0.39 is 0 Å². The lowest BCUT2D eigenvalue weighted by Gasteiger charge is -2.30. The molecule has 1 aromatic heterocycles. The molecule has 6 heteroatoms. The summed E-state index contributed by atoms with van der Waals surface area (Å²) in [6.07, 6.45) is 1.65. The molecular weight excluding hydrogens is 424 g/mol. The first kappa shape index (κ1) is 24.1. The van der Waals surface area contributed by atoms with E-state index in [1.807, 2.05) is 0 Å². The molecule has 1 amide bonds. The van der Waals surface area contributed by atoms with Crippen LogP contribution in [0.3, 0.4) is 0 Å². The SMILES string of the molecule is Cc1cc(C)c(NC(=O)C2CCN(Cc3nc(-c4ccc(C(C)(C)C)cc4)no3)CC2)c(C)c1. The van der Waals surface area contributed by atoms with E-state index in [2.05, 4.69) is 98.3 Å². The van der Waals surface area contributed by atoms with Crippen LogP contribution in [0.25, 0.3) is 11.4 Å². The number of rotatable bonds is 5. The van der Waals surface area contributed by atoms with Crippen molar-refractivity contribution in [3.63, 3.8) is 0 Å². The Balaban J connectivity index is 1.31. The first-order valence-corrected chi connectivity index (χ1v) is 12.1. The minimum Gasteiger partial charge on any atom is -0.338 e. The molecule has 0 aliphatic carbocycles. The number of aromatic nitrogens is 2. The minimum absolute atomic E-state index is 0.0240. The van der Waals surface area contributed by atoms with Crippen molar-refractivity contribution in [3.8, 4) is 11.4 Å². The third-order valence-corrected chi connectivity index (χ3v) is 6.72. The van der Waals surface area contributed by atoms with Crippen LogP contribution in [0, 0.1) is 26.7 Å². The maximum absolute atomic E-state index is 12.9. The standard InChI is InChI=1S/C28H36N4O2/c1-18-15-19(2)25(20(3)16-18)30-27(33)22-11-13-32(14-12-22)17-24-29-26(31-34-24)21-7-9-23(10-8-21)28(4,5)6/h7-10,15-16,22H,11-14,17H2,1-6H3,(H,30,33). The number of hydrogen-bond donors (Lipinski definition) is 1. The number of anilines is 1. The molecule has 0 radical (unpaired) electrons. The summed E-state index contributed by atoms with van der Waals surface area (Å²) in [7, 11) is 0. The van der Waals surface area contributed by atoms with Crippen molar-refractivity contribution < 1.29 is 9.32 Å². The van der Waals surface area contributed by atoms with Crippen molar-refractivity contribution in [2.45, 2.75) is 66.3 Å². The molecule has 0 unspecified atom stereocenters. The van der Waals surface area contributed by atoms with Gasteiger partial charge in [-0.2, -0.15) is 4.98 Å². The fourth-order valence-corrected chi connectivity index (χ4v) is 4.70. The number of hydrogen-bond acceptors (Lipinski definition) is 5. The van der Waals surface area contributed by atoms with Crippen molar-refractivity contribution >= 4 is 11.6 Å². The van der Waals surface area contributed by atoms with Crippen LogP contribution >= 0.6 is 0 Å². The number of aryl methyl sites for hydroxylation is 3. The molecule has 1 aliphatic heterocycles. The molecule has 2 aromatic carbocycles. The first-order valence-electron chi connectivity index (χ1n) is 12.1. The van der Waals surface area contributed by atoms with Gasteiger partial charge in [0.1, 0.15) is 0 Å². The van der Waals surface area contributed by atoms with Crippen LogP contribution in [0.15, 0.2) is 40.9 Å². The number of carbonyl (C=O) groups is 1. The Morgan fingerprint density at radius 2 is 1.68 bits per heavy atom. The van der Waals surface area contributed by atoms with Crippen LogP contribution in [0.5, 0.6) is 0 Å². The number of likely N-dealkylation sites (tertiary alicyclic amines) is 1. The molecule has 2 heterocycles. The van der Waals surface area contributed by atoms with Gasteiger partial charge in [-0.05, 0) is 68.8 Å². The lowest BCUT2D eigenvalue weighted by Crippen LogP contribution is -2.38. The van der Waals surface area contributed by atoms with Gasteiger partial charge in [0.05, 0.1) is 6.54 Å². The van der Waals surface area contributed by atoms with Crippen LogP contribution in [0.2, 0.25) is 0 Å². The maximum Gasteiger partial charge on any atom is 0.241 e. The van der Waals surface area contributed by atoms with Crippen molar-refractivity contribution in [1.82, 2.24) is 15.0 Å². The Kier molecular flexibility index (Phi) is 6.89. The lowest BCUT2D eigenvalue weighted by atomic mass is 9.87. The molecule has 4 rings (SSSR count). The quantitative estimate of drug-likeness (QED) is 0.520. The van der Waals surface area contributed by atoms with E-state index in [0.29, 0.717) is 18.3 Å². The molecule has 0 saturated carbocycles. The summed E-state index contributed by atoms with van der Waals surface area (Å²) >= 11 is 0. The summed E-state index contributed by atoms with van der Waals surface area (Å²) < 4.78 is 5.53. The Bertz CT molecular complexity index is 1130. The lowest BCUT2D eigenvalue weighted by molar-refractivity contribution is -0.121. The van der Waals surface area contributed by atoms with E-state index in [1.165, 1.54) is 11.1 Å². The first-order chi connectivity index (χ1) is 16.1. The van der Waals surface area contributed by atoms with Gasteiger partial charge in [0.15, 0.2) is 0 Å². The topological polar surface area (TPSA) is 71.3 Å². The van der Waals surface area contributed by atoms with Crippen LogP contribution in [0.1, 0.15) is 61.8 Å². The van der Waals surface area contributed by atoms with Gasteiger partial charge < -0.3 is 9.84 Å². The highest BCUT2D eigenvalue weighted by Crippen LogP contribution is 2.27. The van der Waals surface area contributed by atoms with E-state index in [-0.39, 0.29) is 17.2 Å². The number of carbonyl (C=O) groups excluding carboxylic acids is 1. The van der Waals surface area contributed by atoms with Gasteiger partial charge in [0.2, 0.25) is 17.6 Å². The molecule has 0 spiro atoms. The number of nitrogens with one attached hydrogen (secondary N) is 1. The van der Waals surface area contributed by atoms with Crippen LogP contribution in [0.4, 0.5) is 5.69 Å². The van der Waals surface area contributed by atoms with E-state index in [9.17, 15) is 4.79 Å². The predicted octanol–water partition coefficient (Wildman–Crippen LogP) is 5.81. The summed E-state index contributed by atoms with van der Waals surface area (Å²) in [5.74, 6) is 1.38. The molecule has 1 fully saturated rings. The van der Waals surface area contributed by atoms with Gasteiger partial charge in [-0.15, -0.1) is 0 Å². The highest BCUT2D eigenvalue weighted by atomic mass is 16.5. The fourth-order valence-electron chi connectivity index (χ4n) is 4.70. The molecule has 1 aliphatic rings. The van der Waals surface area contributed by atoms with E-state index >= 15 is 0 Å². The smallest absolute Gasteiger partial charge is 0.241 e. The summed E-state index contributed by atoms with van der Waals surface area (Å²) in [6.45, 7) is 15.1. The second-order valence-corrected chi connectivity index (χ2v) is 10.7. The number of nitrogens with zero attached hydrogens (tertiary/aromatic N) is 3. The molecule has 0 bridgehead atoms. The zero-order valence-electron chi connectivity index (χ0n) is 21.2. The van der Waals surface area contributed by atoms with E-state index in [4.69, 9.17) is 4.52 Å². The Morgan fingerprint density at radius 1 is 1.06 bits per heavy atom. The molecule has 6 nitrogen and oxygen atoms in total. The van der Waals surface area contributed by atoms with Crippen LogP contribution in [-0.2, 0) is 16.8 Å². The molecule has 3 aromatic rings. The average Bonchev–Trinajstić information content (AvgIpc) is 3.24. The minimum atomic E-state index is 0.0240. The Labute approximate surface area is 202 Å². The fraction of sp³-hybridized carbons (Fsp3) is 0.464. The van der Waals surface area contributed by atoms with Gasteiger partial charge in [0.25, 0.3) is 0 Å². The number of piperidine rings is 1. The molecule has 34 heavy (non-hydrogen) atoms. The largest absolute Gasteiger partial charge is 0.338 e. The average molecular weight is 461 g/mol. The second-order valence-electron chi connectivity index (χ2n) is 10.7. The highest BCUT2D eigenvalue weighted by molar-refractivity contribution is 5.94. The number of benzene rings is 2. The van der Waals surface area contributed by atoms with Gasteiger partial charge in [0, 0.05) is 17.2 Å². The second kappa shape index (κ2) is 9.71. The van der Waals surface area contributed by atoms with Gasteiger partial charge in [-0.25, -0.2) is 0 Å². The predicted molar refractivity (Wildman–Crippen MR) is 136 cm³/mol. The van der Waals surface area contributed by atoms with Gasteiger partial charge >= 0.3 is 0 Å². The molecule has 1 N–H and O–H groups in total. The van der Waals surface area contributed by atoms with E-state index in [1.54, 1.807) is 0 Å². The Morgan fingerprint density at radius 3 is 2.26 bits per heavy atom. The monoisotopic (exact) mass is 460 g/mol. The van der Waals surface area contributed by atoms with Crippen LogP contribution < -0.4 is 5.32 Å². The van der Waals surface area contributed by atoms with Gasteiger partial charge in [-0.1, -0.05) is 67.9 Å². The number of amides is 1. The van der Waals surface area contributed by atoms with Crippen molar-refractivity contribution in [2.24, 2.45) is 5.92 Å². The molecule has 180 valence electrons. The summed E-state index contributed by atoms with van der Waals surface area (Å²) in [5, 5.41) is 7.36. The third-order valence-electron chi connectivity index (χ3n) is 6.72. The molecular formula is C28H36N4O2. The van der Waals surface area contributed by atoms with Crippen molar-refractivity contribution in [2.75, 3.05) is 18.4 Å².